The van der Waals surface area contributed by atoms with Crippen LogP contribution in [0, 0.1) is 23.1 Å². The quantitative estimate of drug-likeness (QED) is 0.557. The maximum Gasteiger partial charge on any atom is 0.231 e. The Morgan fingerprint density at radius 2 is 2.19 bits per heavy atom. The number of halogens is 1. The first-order valence-electron chi connectivity index (χ1n) is 8.62. The van der Waals surface area contributed by atoms with Crippen molar-refractivity contribution in [1.29, 1.82) is 5.26 Å². The first kappa shape index (κ1) is 19.1. The average molecular weight is 385 g/mol. The molecule has 1 atom stereocenters. The highest BCUT2D eigenvalue weighted by Crippen LogP contribution is 2.39. The van der Waals surface area contributed by atoms with Gasteiger partial charge in [0, 0.05) is 12.1 Å². The number of rotatable bonds is 8. The molecule has 0 saturated heterocycles. The van der Waals surface area contributed by atoms with Gasteiger partial charge in [0.05, 0.1) is 11.8 Å². The molecule has 140 valence electrons. The van der Waals surface area contributed by atoms with Crippen LogP contribution in [-0.4, -0.2) is 32.0 Å². The second-order valence-corrected chi connectivity index (χ2v) is 7.58. The Hall–Kier alpha value is -2.66. The molecule has 1 amide bonds. The fraction of sp³-hybridized carbons (Fsp3) is 0.368. The van der Waals surface area contributed by atoms with Crippen molar-refractivity contribution in [3.05, 3.63) is 42.7 Å². The number of amides is 1. The Kier molecular flexibility index (Phi) is 5.61. The lowest BCUT2D eigenvalue weighted by molar-refractivity contribution is -0.119. The Morgan fingerprint density at radius 3 is 2.78 bits per heavy atom. The zero-order chi connectivity index (χ0) is 19.4. The van der Waals surface area contributed by atoms with E-state index in [2.05, 4.69) is 28.2 Å². The number of nitriles is 1. The zero-order valence-electron chi connectivity index (χ0n) is 15.0. The van der Waals surface area contributed by atoms with Gasteiger partial charge < -0.3 is 5.32 Å². The Bertz CT molecular complexity index is 884. The van der Waals surface area contributed by atoms with E-state index >= 15 is 0 Å². The van der Waals surface area contributed by atoms with E-state index in [-0.39, 0.29) is 23.4 Å². The predicted molar refractivity (Wildman–Crippen MR) is 101 cm³/mol. The van der Waals surface area contributed by atoms with Crippen LogP contribution >= 0.6 is 11.8 Å². The molecule has 6 nitrogen and oxygen atoms in total. The molecule has 2 aromatic rings. The number of nitrogens with zero attached hydrogens (tertiary/aromatic N) is 4. The van der Waals surface area contributed by atoms with Gasteiger partial charge in [-0.2, -0.15) is 5.26 Å². The predicted octanol–water partition coefficient (Wildman–Crippen LogP) is 3.17. The summed E-state index contributed by atoms with van der Waals surface area (Å²) in [6.45, 7) is 5.97. The molecule has 0 aliphatic heterocycles. The van der Waals surface area contributed by atoms with Gasteiger partial charge in [-0.25, -0.2) is 4.39 Å². The lowest BCUT2D eigenvalue weighted by Crippen LogP contribution is -2.47. The Morgan fingerprint density at radius 1 is 1.48 bits per heavy atom. The SMILES string of the molecule is C=CCn1c(SCC(=O)N[C@](C)(C#N)C2CC2)nnc1-c1ccc(F)cc1. The lowest BCUT2D eigenvalue weighted by Gasteiger charge is -2.22. The molecule has 0 radical (unpaired) electrons. The fourth-order valence-electron chi connectivity index (χ4n) is 2.84. The van der Waals surface area contributed by atoms with E-state index < -0.39 is 5.54 Å². The van der Waals surface area contributed by atoms with Gasteiger partial charge in [-0.15, -0.1) is 16.8 Å². The van der Waals surface area contributed by atoms with Gasteiger partial charge >= 0.3 is 0 Å². The summed E-state index contributed by atoms with van der Waals surface area (Å²) >= 11 is 1.24. The molecule has 1 heterocycles. The number of nitrogens with one attached hydrogen (secondary N) is 1. The third-order valence-corrected chi connectivity index (χ3v) is 5.46. The van der Waals surface area contributed by atoms with E-state index in [4.69, 9.17) is 0 Å². The highest BCUT2D eigenvalue weighted by atomic mass is 32.2. The summed E-state index contributed by atoms with van der Waals surface area (Å²) in [6, 6.07) is 8.21. The maximum atomic E-state index is 13.2. The van der Waals surface area contributed by atoms with E-state index in [1.165, 1.54) is 23.9 Å². The van der Waals surface area contributed by atoms with Crippen molar-refractivity contribution >= 4 is 17.7 Å². The summed E-state index contributed by atoms with van der Waals surface area (Å²) in [6.07, 6.45) is 3.64. The van der Waals surface area contributed by atoms with Crippen LogP contribution in [0.25, 0.3) is 11.4 Å². The molecule has 3 rings (SSSR count). The van der Waals surface area contributed by atoms with E-state index in [1.54, 1.807) is 25.1 Å². The summed E-state index contributed by atoms with van der Waals surface area (Å²) in [7, 11) is 0. The van der Waals surface area contributed by atoms with Crippen molar-refractivity contribution < 1.29 is 9.18 Å². The number of carbonyl (C=O) groups excluding carboxylic acids is 1. The van der Waals surface area contributed by atoms with Crippen molar-refractivity contribution in [2.75, 3.05) is 5.75 Å². The monoisotopic (exact) mass is 385 g/mol. The number of thioether (sulfide) groups is 1. The summed E-state index contributed by atoms with van der Waals surface area (Å²) < 4.78 is 15.0. The van der Waals surface area contributed by atoms with E-state index in [0.717, 1.165) is 18.4 Å². The normalized spacial score (nSPS) is 15.6. The molecular weight excluding hydrogens is 365 g/mol. The summed E-state index contributed by atoms with van der Waals surface area (Å²) in [4.78, 5) is 12.3. The Labute approximate surface area is 161 Å². The van der Waals surface area contributed by atoms with Crippen LogP contribution in [0.4, 0.5) is 4.39 Å². The number of hydrogen-bond donors (Lipinski definition) is 1. The third kappa shape index (κ3) is 4.37. The minimum atomic E-state index is -0.814. The first-order chi connectivity index (χ1) is 13.0. The second-order valence-electron chi connectivity index (χ2n) is 6.64. The van der Waals surface area contributed by atoms with Crippen molar-refractivity contribution in [1.82, 2.24) is 20.1 Å². The number of aromatic nitrogens is 3. The highest BCUT2D eigenvalue weighted by molar-refractivity contribution is 7.99. The van der Waals surface area contributed by atoms with Crippen LogP contribution in [0.2, 0.25) is 0 Å². The minimum Gasteiger partial charge on any atom is -0.337 e. The van der Waals surface area contributed by atoms with Crippen LogP contribution < -0.4 is 5.32 Å². The van der Waals surface area contributed by atoms with Crippen molar-refractivity contribution in [2.45, 2.75) is 37.0 Å². The maximum absolute atomic E-state index is 13.2. The van der Waals surface area contributed by atoms with Crippen molar-refractivity contribution in [2.24, 2.45) is 5.92 Å². The van der Waals surface area contributed by atoms with Gasteiger partial charge in [-0.05, 0) is 49.9 Å². The highest BCUT2D eigenvalue weighted by Gasteiger charge is 2.42. The topological polar surface area (TPSA) is 83.6 Å². The molecule has 1 aromatic carbocycles. The van der Waals surface area contributed by atoms with Gasteiger partial charge in [-0.1, -0.05) is 17.8 Å². The number of carbonyl (C=O) groups is 1. The standard InChI is InChI=1S/C19H20FN5OS/c1-3-10-25-17(13-4-8-15(20)9-5-13)23-24-18(25)27-11-16(26)22-19(2,12-21)14-6-7-14/h3-5,8-9,14H,1,6-7,10-11H2,2H3,(H,22,26)/t19-/m1/s1. The van der Waals surface area contributed by atoms with E-state index in [0.29, 0.717) is 17.5 Å². The molecule has 1 aliphatic carbocycles. The van der Waals surface area contributed by atoms with Crippen LogP contribution in [0.15, 0.2) is 42.1 Å². The average Bonchev–Trinajstić information content (AvgIpc) is 3.44. The fourth-order valence-corrected chi connectivity index (χ4v) is 3.59. The first-order valence-corrected chi connectivity index (χ1v) is 9.60. The molecule has 1 N–H and O–H groups in total. The van der Waals surface area contributed by atoms with E-state index in [9.17, 15) is 14.4 Å². The van der Waals surface area contributed by atoms with Crippen molar-refractivity contribution in [3.63, 3.8) is 0 Å². The molecule has 0 bridgehead atoms. The molecule has 0 unspecified atom stereocenters. The lowest BCUT2D eigenvalue weighted by atomic mass is 9.98. The molecule has 8 heteroatoms. The largest absolute Gasteiger partial charge is 0.337 e. The summed E-state index contributed by atoms with van der Waals surface area (Å²) in [5.74, 6) is 0.398. The van der Waals surface area contributed by atoms with Crippen molar-refractivity contribution in [3.8, 4) is 17.5 Å². The minimum absolute atomic E-state index is 0.128. The summed E-state index contributed by atoms with van der Waals surface area (Å²) in [5, 5.41) is 21.1. The summed E-state index contributed by atoms with van der Waals surface area (Å²) in [5.41, 5.74) is -0.0843. The van der Waals surface area contributed by atoms with Gasteiger partial charge in [-0.3, -0.25) is 9.36 Å². The van der Waals surface area contributed by atoms with Gasteiger partial charge in [0.2, 0.25) is 5.91 Å². The molecule has 1 aromatic heterocycles. The Balaban J connectivity index is 1.71. The van der Waals surface area contributed by atoms with Crippen LogP contribution in [0.5, 0.6) is 0 Å². The number of allylic oxidation sites excluding steroid dienone is 1. The molecule has 1 fully saturated rings. The van der Waals surface area contributed by atoms with E-state index in [1.807, 2.05) is 4.57 Å². The molecule has 1 saturated carbocycles. The van der Waals surface area contributed by atoms with Gasteiger partial charge in [0.1, 0.15) is 11.4 Å². The molecular formula is C19H20FN5OS. The number of benzene rings is 1. The molecule has 1 aliphatic rings. The van der Waals surface area contributed by atoms with Crippen LogP contribution in [-0.2, 0) is 11.3 Å². The van der Waals surface area contributed by atoms with Crippen LogP contribution in [0.1, 0.15) is 19.8 Å². The smallest absolute Gasteiger partial charge is 0.231 e. The van der Waals surface area contributed by atoms with Gasteiger partial charge in [0.15, 0.2) is 11.0 Å². The van der Waals surface area contributed by atoms with Gasteiger partial charge in [0.25, 0.3) is 0 Å². The number of hydrogen-bond acceptors (Lipinski definition) is 5. The molecule has 27 heavy (non-hydrogen) atoms. The second kappa shape index (κ2) is 7.92. The van der Waals surface area contributed by atoms with Crippen LogP contribution in [0.3, 0.4) is 0 Å². The third-order valence-electron chi connectivity index (χ3n) is 4.49. The zero-order valence-corrected chi connectivity index (χ0v) is 15.8. The molecule has 0 spiro atoms.